The summed E-state index contributed by atoms with van der Waals surface area (Å²) in [6.45, 7) is 7.80. The van der Waals surface area contributed by atoms with Crippen molar-refractivity contribution in [3.05, 3.63) is 63.6 Å². The normalized spacial score (nSPS) is 12.7. The minimum absolute atomic E-state index is 0.0152. The molecule has 0 fully saturated rings. The molecule has 5 nitrogen and oxygen atoms in total. The maximum atomic E-state index is 13.2. The fraction of sp³-hybridized carbons (Fsp3) is 0.417. The third kappa shape index (κ3) is 7.44. The van der Waals surface area contributed by atoms with Crippen molar-refractivity contribution in [1.82, 2.24) is 10.2 Å². The van der Waals surface area contributed by atoms with Crippen LogP contribution in [0.1, 0.15) is 44.7 Å². The van der Waals surface area contributed by atoms with Gasteiger partial charge in [-0.05, 0) is 56.5 Å². The summed E-state index contributed by atoms with van der Waals surface area (Å²) in [7, 11) is 0. The van der Waals surface area contributed by atoms with Gasteiger partial charge in [0.1, 0.15) is 11.8 Å². The SMILES string of the molecule is CC[C@@H](C)NC(=O)[C@H](CC)N(Cc1ccc(Cl)cc1Cl)C(=O)COc1ccc(C)cc1. The molecule has 7 heteroatoms. The van der Waals surface area contributed by atoms with Crippen LogP contribution in [-0.4, -0.2) is 35.4 Å². The van der Waals surface area contributed by atoms with E-state index in [0.29, 0.717) is 27.8 Å². The molecular weight excluding hydrogens is 435 g/mol. The molecular formula is C24H30Cl2N2O3. The van der Waals surface area contributed by atoms with Crippen LogP contribution in [0.2, 0.25) is 10.0 Å². The summed E-state index contributed by atoms with van der Waals surface area (Å²) in [4.78, 5) is 27.6. The van der Waals surface area contributed by atoms with Crippen molar-refractivity contribution in [1.29, 1.82) is 0 Å². The maximum Gasteiger partial charge on any atom is 0.261 e. The number of amides is 2. The van der Waals surface area contributed by atoms with E-state index in [2.05, 4.69) is 5.32 Å². The molecule has 2 atom stereocenters. The molecule has 1 N–H and O–H groups in total. The highest BCUT2D eigenvalue weighted by atomic mass is 35.5. The number of carbonyl (C=O) groups is 2. The van der Waals surface area contributed by atoms with Crippen molar-refractivity contribution >= 4 is 35.0 Å². The molecule has 168 valence electrons. The summed E-state index contributed by atoms with van der Waals surface area (Å²) in [6, 6.07) is 11.9. The van der Waals surface area contributed by atoms with Crippen LogP contribution in [0.3, 0.4) is 0 Å². The van der Waals surface area contributed by atoms with Crippen LogP contribution in [0.25, 0.3) is 0 Å². The molecule has 2 aromatic carbocycles. The quantitative estimate of drug-likeness (QED) is 0.511. The van der Waals surface area contributed by atoms with E-state index in [4.69, 9.17) is 27.9 Å². The average Bonchev–Trinajstić information content (AvgIpc) is 2.74. The standard InChI is InChI=1S/C24H30Cl2N2O3/c1-5-17(4)27-24(30)22(6-2)28(14-18-9-10-19(25)13-21(18)26)23(29)15-31-20-11-7-16(3)8-12-20/h7-13,17,22H,5-6,14-15H2,1-4H3,(H,27,30)/t17-,22+/m1/s1. The molecule has 31 heavy (non-hydrogen) atoms. The molecule has 0 aliphatic rings. The first kappa shape index (κ1) is 25.0. The Labute approximate surface area is 194 Å². The predicted octanol–water partition coefficient (Wildman–Crippen LogP) is 5.40. The number of aryl methyl sites for hydroxylation is 1. The lowest BCUT2D eigenvalue weighted by molar-refractivity contribution is -0.143. The Kier molecular flexibility index (Phi) is 9.66. The van der Waals surface area contributed by atoms with Crippen LogP contribution in [-0.2, 0) is 16.1 Å². The summed E-state index contributed by atoms with van der Waals surface area (Å²) in [5, 5.41) is 3.93. The third-order valence-electron chi connectivity index (χ3n) is 5.13. The Balaban J connectivity index is 2.24. The third-order valence-corrected chi connectivity index (χ3v) is 5.71. The second-order valence-electron chi connectivity index (χ2n) is 7.60. The van der Waals surface area contributed by atoms with Crippen molar-refractivity contribution in [2.75, 3.05) is 6.61 Å². The summed E-state index contributed by atoms with van der Waals surface area (Å²) in [5.74, 6) is 0.115. The van der Waals surface area contributed by atoms with Gasteiger partial charge in [0.15, 0.2) is 6.61 Å². The Hall–Kier alpha value is -2.24. The minimum Gasteiger partial charge on any atom is -0.484 e. The second kappa shape index (κ2) is 12.0. The zero-order chi connectivity index (χ0) is 23.0. The van der Waals surface area contributed by atoms with E-state index in [0.717, 1.165) is 12.0 Å². The van der Waals surface area contributed by atoms with Crippen LogP contribution in [0.5, 0.6) is 5.75 Å². The van der Waals surface area contributed by atoms with Crippen LogP contribution in [0.15, 0.2) is 42.5 Å². The number of rotatable bonds is 10. The lowest BCUT2D eigenvalue weighted by Gasteiger charge is -2.31. The van der Waals surface area contributed by atoms with Gasteiger partial charge in [0.05, 0.1) is 0 Å². The topological polar surface area (TPSA) is 58.6 Å². The summed E-state index contributed by atoms with van der Waals surface area (Å²) >= 11 is 12.4. The van der Waals surface area contributed by atoms with Crippen molar-refractivity contribution in [3.8, 4) is 5.75 Å². The van der Waals surface area contributed by atoms with Crippen LogP contribution >= 0.6 is 23.2 Å². The number of ether oxygens (including phenoxy) is 1. The van der Waals surface area contributed by atoms with Gasteiger partial charge in [-0.15, -0.1) is 0 Å². The van der Waals surface area contributed by atoms with E-state index in [1.54, 1.807) is 18.2 Å². The number of benzene rings is 2. The second-order valence-corrected chi connectivity index (χ2v) is 8.44. The first-order valence-corrected chi connectivity index (χ1v) is 11.2. The zero-order valence-electron chi connectivity index (χ0n) is 18.5. The molecule has 0 saturated carbocycles. The number of hydrogen-bond acceptors (Lipinski definition) is 3. The van der Waals surface area contributed by atoms with Gasteiger partial charge in [-0.3, -0.25) is 9.59 Å². The zero-order valence-corrected chi connectivity index (χ0v) is 20.0. The number of nitrogens with one attached hydrogen (secondary N) is 1. The van der Waals surface area contributed by atoms with E-state index in [1.165, 1.54) is 4.90 Å². The van der Waals surface area contributed by atoms with Gasteiger partial charge < -0.3 is 15.0 Å². The maximum absolute atomic E-state index is 13.2. The molecule has 0 aromatic heterocycles. The smallest absolute Gasteiger partial charge is 0.261 e. The van der Waals surface area contributed by atoms with Crippen LogP contribution in [0.4, 0.5) is 0 Å². The van der Waals surface area contributed by atoms with Gasteiger partial charge in [0, 0.05) is 22.6 Å². The van der Waals surface area contributed by atoms with Crippen molar-refractivity contribution < 1.29 is 14.3 Å². The molecule has 2 rings (SSSR count). The monoisotopic (exact) mass is 464 g/mol. The Morgan fingerprint density at radius 2 is 1.74 bits per heavy atom. The molecule has 0 saturated heterocycles. The summed E-state index contributed by atoms with van der Waals surface area (Å²) in [5.41, 5.74) is 1.81. The highest BCUT2D eigenvalue weighted by Gasteiger charge is 2.30. The lowest BCUT2D eigenvalue weighted by Crippen LogP contribution is -2.51. The molecule has 0 heterocycles. The minimum atomic E-state index is -0.644. The fourth-order valence-electron chi connectivity index (χ4n) is 3.06. The van der Waals surface area contributed by atoms with Gasteiger partial charge >= 0.3 is 0 Å². The van der Waals surface area contributed by atoms with Gasteiger partial charge in [-0.2, -0.15) is 0 Å². The van der Waals surface area contributed by atoms with E-state index in [1.807, 2.05) is 52.0 Å². The van der Waals surface area contributed by atoms with E-state index >= 15 is 0 Å². The molecule has 0 aliphatic carbocycles. The summed E-state index contributed by atoms with van der Waals surface area (Å²) in [6.07, 6.45) is 1.26. The Morgan fingerprint density at radius 1 is 1.06 bits per heavy atom. The highest BCUT2D eigenvalue weighted by molar-refractivity contribution is 6.35. The molecule has 0 radical (unpaired) electrons. The van der Waals surface area contributed by atoms with E-state index in [-0.39, 0.29) is 31.0 Å². The van der Waals surface area contributed by atoms with Crippen molar-refractivity contribution in [2.24, 2.45) is 0 Å². The van der Waals surface area contributed by atoms with Gasteiger partial charge in [0.25, 0.3) is 5.91 Å². The predicted molar refractivity (Wildman–Crippen MR) is 126 cm³/mol. The Morgan fingerprint density at radius 3 is 2.32 bits per heavy atom. The largest absolute Gasteiger partial charge is 0.484 e. The van der Waals surface area contributed by atoms with E-state index < -0.39 is 6.04 Å². The van der Waals surface area contributed by atoms with Crippen molar-refractivity contribution in [3.63, 3.8) is 0 Å². The Bertz CT molecular complexity index is 887. The molecule has 2 aromatic rings. The first-order valence-electron chi connectivity index (χ1n) is 10.5. The molecule has 0 spiro atoms. The van der Waals surface area contributed by atoms with Crippen molar-refractivity contribution in [2.45, 2.75) is 59.2 Å². The molecule has 2 amide bonds. The van der Waals surface area contributed by atoms with E-state index in [9.17, 15) is 9.59 Å². The number of hydrogen-bond donors (Lipinski definition) is 1. The van der Waals surface area contributed by atoms with Crippen LogP contribution in [0, 0.1) is 6.92 Å². The molecule has 0 unspecified atom stereocenters. The highest BCUT2D eigenvalue weighted by Crippen LogP contribution is 2.24. The molecule has 0 bridgehead atoms. The fourth-order valence-corrected chi connectivity index (χ4v) is 3.52. The van der Waals surface area contributed by atoms with Crippen LogP contribution < -0.4 is 10.1 Å². The number of nitrogens with zero attached hydrogens (tertiary/aromatic N) is 1. The van der Waals surface area contributed by atoms with Gasteiger partial charge in [-0.1, -0.05) is 60.8 Å². The molecule has 0 aliphatic heterocycles. The van der Waals surface area contributed by atoms with Gasteiger partial charge in [-0.25, -0.2) is 0 Å². The number of halogens is 2. The van der Waals surface area contributed by atoms with Gasteiger partial charge in [0.2, 0.25) is 5.91 Å². The first-order chi connectivity index (χ1) is 14.7. The lowest BCUT2D eigenvalue weighted by atomic mass is 10.1. The summed E-state index contributed by atoms with van der Waals surface area (Å²) < 4.78 is 5.69. The average molecular weight is 465 g/mol. The number of carbonyl (C=O) groups excluding carboxylic acids is 2.